The van der Waals surface area contributed by atoms with Crippen LogP contribution in [-0.2, 0) is 28.2 Å². The van der Waals surface area contributed by atoms with Crippen molar-refractivity contribution in [2.24, 2.45) is 0 Å². The van der Waals surface area contributed by atoms with E-state index >= 15 is 0 Å². The first-order chi connectivity index (χ1) is 10.2. The predicted octanol–water partition coefficient (Wildman–Crippen LogP) is -2.32. The zero-order valence-electron chi connectivity index (χ0n) is 11.5. The van der Waals surface area contributed by atoms with Crippen molar-refractivity contribution in [1.82, 2.24) is 0 Å². The number of aliphatic hydroxyl groups excluding tert-OH is 3. The normalized spacial score (nSPS) is 14.2. The van der Waals surface area contributed by atoms with Crippen LogP contribution in [0.1, 0.15) is 12.8 Å². The number of carbonyl (C=O) groups is 2. The predicted molar refractivity (Wildman–Crippen MR) is 68.2 cm³/mol. The molecule has 0 aromatic heterocycles. The highest BCUT2D eigenvalue weighted by molar-refractivity contribution is 7.46. The minimum absolute atomic E-state index is 0.347. The van der Waals surface area contributed by atoms with Gasteiger partial charge in [-0.05, 0) is 0 Å². The Morgan fingerprint density at radius 1 is 0.955 bits per heavy atom. The molecule has 130 valence electrons. The van der Waals surface area contributed by atoms with Crippen molar-refractivity contribution in [3.05, 3.63) is 0 Å². The summed E-state index contributed by atoms with van der Waals surface area (Å²) in [5, 5.41) is 26.2. The van der Waals surface area contributed by atoms with Gasteiger partial charge in [0.15, 0.2) is 0 Å². The number of hydrogen-bond donors (Lipinski definition) is 5. The molecule has 0 saturated heterocycles. The summed E-state index contributed by atoms with van der Waals surface area (Å²) in [5.74, 6) is -1.66. The smallest absolute Gasteiger partial charge is 0.463 e. The van der Waals surface area contributed by atoms with E-state index in [-0.39, 0.29) is 12.8 Å². The zero-order valence-corrected chi connectivity index (χ0v) is 12.4. The van der Waals surface area contributed by atoms with Crippen molar-refractivity contribution < 1.29 is 53.3 Å². The fraction of sp³-hybridized carbons (Fsp3) is 0.800. The highest BCUT2D eigenvalue weighted by Gasteiger charge is 2.23. The van der Waals surface area contributed by atoms with E-state index in [4.69, 9.17) is 25.1 Å². The van der Waals surface area contributed by atoms with Gasteiger partial charge < -0.3 is 34.6 Å². The van der Waals surface area contributed by atoms with Crippen LogP contribution in [0.15, 0.2) is 0 Å². The van der Waals surface area contributed by atoms with Gasteiger partial charge in [-0.25, -0.2) is 4.57 Å². The molecule has 0 aromatic rings. The van der Waals surface area contributed by atoms with E-state index in [0.29, 0.717) is 0 Å². The van der Waals surface area contributed by atoms with E-state index in [1.54, 1.807) is 0 Å². The molecule has 0 aliphatic rings. The molecular weight excluding hydrogens is 327 g/mol. The second-order valence-corrected chi connectivity index (χ2v) is 5.29. The van der Waals surface area contributed by atoms with Crippen molar-refractivity contribution in [3.8, 4) is 0 Å². The number of esters is 2. The summed E-state index contributed by atoms with van der Waals surface area (Å²) in [4.78, 5) is 39.5. The van der Waals surface area contributed by atoms with E-state index in [0.717, 1.165) is 0 Å². The Bertz CT molecular complexity index is 392. The molecule has 22 heavy (non-hydrogen) atoms. The van der Waals surface area contributed by atoms with E-state index in [9.17, 15) is 14.2 Å². The monoisotopic (exact) mass is 346 g/mol. The number of phosphoric ester groups is 1. The maximum atomic E-state index is 11.3. The Labute approximate surface area is 125 Å². The highest BCUT2D eigenvalue weighted by atomic mass is 31.2. The molecule has 5 N–H and O–H groups in total. The number of ether oxygens (including phenoxy) is 2. The molecule has 2 atom stereocenters. The van der Waals surface area contributed by atoms with Crippen molar-refractivity contribution >= 4 is 19.8 Å². The minimum atomic E-state index is -4.82. The molecule has 0 aliphatic carbocycles. The summed E-state index contributed by atoms with van der Waals surface area (Å²) in [7, 11) is -4.82. The Morgan fingerprint density at radius 3 is 1.86 bits per heavy atom. The van der Waals surface area contributed by atoms with Gasteiger partial charge in [0.1, 0.15) is 25.4 Å². The lowest BCUT2D eigenvalue weighted by Crippen LogP contribution is -2.25. The average molecular weight is 346 g/mol. The standard InChI is InChI=1S/C10H19O11P/c11-3-7(13)5-19-9(14)1-2-10(15)20-6-8(4-12)21-22(16,17)18/h7-8,11-13H,1-6H2,(H2,16,17,18). The Kier molecular flexibility index (Phi) is 10.1. The molecule has 0 bridgehead atoms. The number of carbonyl (C=O) groups excluding carboxylic acids is 2. The van der Waals surface area contributed by atoms with E-state index < -0.39 is 58.4 Å². The number of aliphatic hydroxyl groups is 3. The second kappa shape index (κ2) is 10.6. The molecule has 0 spiro atoms. The summed E-state index contributed by atoms with van der Waals surface area (Å²) in [6, 6.07) is 0. The molecule has 0 radical (unpaired) electrons. The van der Waals surface area contributed by atoms with Crippen LogP contribution in [0.2, 0.25) is 0 Å². The third kappa shape index (κ3) is 11.6. The maximum absolute atomic E-state index is 11.3. The SMILES string of the molecule is O=C(CCC(=O)OCC(CO)OP(=O)(O)O)OCC(O)CO. The molecule has 0 aliphatic heterocycles. The molecule has 0 aromatic carbocycles. The van der Waals surface area contributed by atoms with Gasteiger partial charge in [-0.1, -0.05) is 0 Å². The molecule has 11 nitrogen and oxygen atoms in total. The third-order valence-electron chi connectivity index (χ3n) is 2.10. The summed E-state index contributed by atoms with van der Waals surface area (Å²) < 4.78 is 23.8. The van der Waals surface area contributed by atoms with Gasteiger partial charge in [-0.15, -0.1) is 0 Å². The van der Waals surface area contributed by atoms with Crippen LogP contribution >= 0.6 is 7.82 Å². The minimum Gasteiger partial charge on any atom is -0.463 e. The van der Waals surface area contributed by atoms with E-state index in [2.05, 4.69) is 14.0 Å². The third-order valence-corrected chi connectivity index (χ3v) is 2.67. The number of hydrogen-bond acceptors (Lipinski definition) is 9. The Hall–Kier alpha value is -1.07. The second-order valence-electron chi connectivity index (χ2n) is 4.10. The van der Waals surface area contributed by atoms with Crippen molar-refractivity contribution in [2.45, 2.75) is 25.0 Å². The van der Waals surface area contributed by atoms with Crippen LogP contribution in [-0.4, -0.2) is 75.7 Å². The first-order valence-electron chi connectivity index (χ1n) is 6.13. The lowest BCUT2D eigenvalue weighted by Gasteiger charge is -2.15. The number of rotatable bonds is 11. The first kappa shape index (κ1) is 20.9. The van der Waals surface area contributed by atoms with Crippen molar-refractivity contribution in [3.63, 3.8) is 0 Å². The molecule has 0 saturated carbocycles. The fourth-order valence-electron chi connectivity index (χ4n) is 1.09. The average Bonchev–Trinajstić information content (AvgIpc) is 2.45. The Morgan fingerprint density at radius 2 is 1.45 bits per heavy atom. The van der Waals surface area contributed by atoms with Crippen molar-refractivity contribution in [2.75, 3.05) is 26.4 Å². The van der Waals surface area contributed by atoms with Gasteiger partial charge >= 0.3 is 19.8 Å². The zero-order chi connectivity index (χ0) is 17.2. The Balaban J connectivity index is 3.94. The fourth-order valence-corrected chi connectivity index (χ4v) is 1.60. The van der Waals surface area contributed by atoms with Gasteiger partial charge in [0.25, 0.3) is 0 Å². The largest absolute Gasteiger partial charge is 0.470 e. The topological polar surface area (TPSA) is 180 Å². The summed E-state index contributed by atoms with van der Waals surface area (Å²) in [5.41, 5.74) is 0. The lowest BCUT2D eigenvalue weighted by atomic mass is 10.3. The molecule has 0 amide bonds. The summed E-state index contributed by atoms with van der Waals surface area (Å²) >= 11 is 0. The van der Waals surface area contributed by atoms with E-state index in [1.165, 1.54) is 0 Å². The van der Waals surface area contributed by atoms with Gasteiger partial charge in [-0.3, -0.25) is 14.1 Å². The van der Waals surface area contributed by atoms with Crippen molar-refractivity contribution in [1.29, 1.82) is 0 Å². The molecule has 12 heteroatoms. The molecule has 0 heterocycles. The molecule has 0 fully saturated rings. The van der Waals surface area contributed by atoms with E-state index in [1.807, 2.05) is 0 Å². The van der Waals surface area contributed by atoms with Crippen LogP contribution in [0.4, 0.5) is 0 Å². The summed E-state index contributed by atoms with van der Waals surface area (Å²) in [6.07, 6.45) is -3.31. The highest BCUT2D eigenvalue weighted by Crippen LogP contribution is 2.37. The molecule has 0 rings (SSSR count). The molecular formula is C10H19O11P. The van der Waals surface area contributed by atoms with Crippen LogP contribution in [0, 0.1) is 0 Å². The van der Waals surface area contributed by atoms with Crippen LogP contribution in [0.5, 0.6) is 0 Å². The van der Waals surface area contributed by atoms with Gasteiger partial charge in [0, 0.05) is 0 Å². The quantitative estimate of drug-likeness (QED) is 0.200. The maximum Gasteiger partial charge on any atom is 0.470 e. The first-order valence-corrected chi connectivity index (χ1v) is 7.66. The van der Waals surface area contributed by atoms with Gasteiger partial charge in [0.2, 0.25) is 0 Å². The molecule has 2 unspecified atom stereocenters. The lowest BCUT2D eigenvalue weighted by molar-refractivity contribution is -0.153. The van der Waals surface area contributed by atoms with Crippen LogP contribution < -0.4 is 0 Å². The van der Waals surface area contributed by atoms with Crippen LogP contribution in [0.3, 0.4) is 0 Å². The summed E-state index contributed by atoms with van der Waals surface area (Å²) in [6.45, 7) is -2.36. The van der Waals surface area contributed by atoms with Crippen LogP contribution in [0.25, 0.3) is 0 Å². The van der Waals surface area contributed by atoms with Gasteiger partial charge in [0.05, 0.1) is 26.1 Å². The van der Waals surface area contributed by atoms with Gasteiger partial charge in [-0.2, -0.15) is 0 Å². The number of phosphoric acid groups is 1.